The van der Waals surface area contributed by atoms with E-state index in [0.29, 0.717) is 18.7 Å². The Morgan fingerprint density at radius 3 is 2.48 bits per heavy atom. The van der Waals surface area contributed by atoms with Gasteiger partial charge in [-0.1, -0.05) is 48.5 Å². The predicted octanol–water partition coefficient (Wildman–Crippen LogP) is 1.85. The van der Waals surface area contributed by atoms with Crippen LogP contribution in [0.4, 0.5) is 0 Å². The molecule has 2 aromatic rings. The molecular weight excluding hydrogens is 342 g/mol. The summed E-state index contributed by atoms with van der Waals surface area (Å²) in [5.41, 5.74) is 7.37. The van der Waals surface area contributed by atoms with Crippen LogP contribution in [-0.4, -0.2) is 35.7 Å². The van der Waals surface area contributed by atoms with E-state index in [2.05, 4.69) is 10.9 Å². The van der Waals surface area contributed by atoms with Gasteiger partial charge in [0.25, 0.3) is 5.91 Å². The number of benzene rings is 2. The van der Waals surface area contributed by atoms with Gasteiger partial charge in [-0.05, 0) is 30.5 Å². The number of rotatable bonds is 5. The Labute approximate surface area is 158 Å². The van der Waals surface area contributed by atoms with Crippen molar-refractivity contribution in [3.05, 3.63) is 71.3 Å². The molecule has 2 aromatic carbocycles. The molecule has 0 saturated carbocycles. The van der Waals surface area contributed by atoms with Crippen LogP contribution in [0.15, 0.2) is 54.6 Å². The van der Waals surface area contributed by atoms with Gasteiger partial charge in [-0.15, -0.1) is 0 Å². The van der Waals surface area contributed by atoms with Crippen molar-refractivity contribution in [3.8, 4) is 0 Å². The first-order valence-corrected chi connectivity index (χ1v) is 9.02. The number of hydrogen-bond donors (Lipinski definition) is 2. The highest BCUT2D eigenvalue weighted by atomic mass is 16.2. The number of hydrazine groups is 1. The van der Waals surface area contributed by atoms with Crippen molar-refractivity contribution in [2.45, 2.75) is 19.8 Å². The zero-order valence-corrected chi connectivity index (χ0v) is 15.3. The van der Waals surface area contributed by atoms with Gasteiger partial charge in [-0.2, -0.15) is 0 Å². The van der Waals surface area contributed by atoms with E-state index in [1.54, 1.807) is 17.0 Å². The van der Waals surface area contributed by atoms with Crippen LogP contribution >= 0.6 is 0 Å². The van der Waals surface area contributed by atoms with Crippen LogP contribution in [0.1, 0.15) is 27.9 Å². The van der Waals surface area contributed by atoms with Crippen LogP contribution in [0.2, 0.25) is 0 Å². The molecule has 3 rings (SSSR count). The lowest BCUT2D eigenvalue weighted by Gasteiger charge is -2.17. The molecule has 6 nitrogen and oxygen atoms in total. The largest absolute Gasteiger partial charge is 0.342 e. The van der Waals surface area contributed by atoms with Crippen LogP contribution in [-0.2, 0) is 16.0 Å². The normalized spacial score (nSPS) is 16.3. The molecule has 1 aliphatic rings. The van der Waals surface area contributed by atoms with Crippen molar-refractivity contribution >= 4 is 17.7 Å². The molecule has 3 amide bonds. The van der Waals surface area contributed by atoms with Crippen LogP contribution in [0, 0.1) is 12.8 Å². The molecule has 27 heavy (non-hydrogen) atoms. The lowest BCUT2D eigenvalue weighted by Crippen LogP contribution is -2.45. The summed E-state index contributed by atoms with van der Waals surface area (Å²) in [7, 11) is 0. The lowest BCUT2D eigenvalue weighted by atomic mass is 10.1. The van der Waals surface area contributed by atoms with E-state index in [9.17, 15) is 14.4 Å². The predicted molar refractivity (Wildman–Crippen MR) is 102 cm³/mol. The maximum absolute atomic E-state index is 12.3. The van der Waals surface area contributed by atoms with Crippen LogP contribution in [0.3, 0.4) is 0 Å². The average Bonchev–Trinajstić information content (AvgIpc) is 3.06. The first-order valence-electron chi connectivity index (χ1n) is 9.02. The first kappa shape index (κ1) is 18.6. The summed E-state index contributed by atoms with van der Waals surface area (Å²) in [6, 6.07) is 17.1. The maximum Gasteiger partial charge on any atom is 0.269 e. The molecule has 0 aliphatic carbocycles. The SMILES string of the molecule is Cc1ccccc1C(=O)NNC(=O)C1CC(=O)N(CCc2ccccc2)C1. The lowest BCUT2D eigenvalue weighted by molar-refractivity contribution is -0.129. The molecule has 0 radical (unpaired) electrons. The van der Waals surface area contributed by atoms with Gasteiger partial charge >= 0.3 is 0 Å². The quantitative estimate of drug-likeness (QED) is 0.794. The fourth-order valence-corrected chi connectivity index (χ4v) is 3.19. The third kappa shape index (κ3) is 4.73. The van der Waals surface area contributed by atoms with Crippen LogP contribution in [0.25, 0.3) is 0 Å². The van der Waals surface area contributed by atoms with Crippen LogP contribution < -0.4 is 10.9 Å². The molecule has 1 heterocycles. The smallest absolute Gasteiger partial charge is 0.269 e. The molecule has 1 atom stereocenters. The Hall–Kier alpha value is -3.15. The number of carbonyl (C=O) groups excluding carboxylic acids is 3. The Bertz CT molecular complexity index is 836. The van der Waals surface area contributed by atoms with Gasteiger partial charge in [0, 0.05) is 25.1 Å². The van der Waals surface area contributed by atoms with E-state index in [1.807, 2.05) is 49.4 Å². The standard InChI is InChI=1S/C21H23N3O3/c1-15-7-5-6-10-18(15)21(27)23-22-20(26)17-13-19(25)24(14-17)12-11-16-8-3-2-4-9-16/h2-10,17H,11-14H2,1H3,(H,22,26)(H,23,27). The average molecular weight is 365 g/mol. The molecule has 1 fully saturated rings. The monoisotopic (exact) mass is 365 g/mol. The summed E-state index contributed by atoms with van der Waals surface area (Å²) in [4.78, 5) is 38.4. The van der Waals surface area contributed by atoms with Gasteiger partial charge in [0.05, 0.1) is 5.92 Å². The molecule has 1 unspecified atom stereocenters. The second-order valence-corrected chi connectivity index (χ2v) is 6.73. The van der Waals surface area contributed by atoms with E-state index < -0.39 is 5.92 Å². The molecule has 0 bridgehead atoms. The van der Waals surface area contributed by atoms with Gasteiger partial charge in [0.2, 0.25) is 11.8 Å². The number of hydrogen-bond acceptors (Lipinski definition) is 3. The minimum Gasteiger partial charge on any atom is -0.342 e. The third-order valence-corrected chi connectivity index (χ3v) is 4.79. The second-order valence-electron chi connectivity index (χ2n) is 6.73. The Balaban J connectivity index is 1.48. The molecule has 1 saturated heterocycles. The fraction of sp³-hybridized carbons (Fsp3) is 0.286. The number of likely N-dealkylation sites (tertiary alicyclic amines) is 1. The summed E-state index contributed by atoms with van der Waals surface area (Å²) in [6.07, 6.45) is 0.922. The summed E-state index contributed by atoms with van der Waals surface area (Å²) in [5.74, 6) is -1.19. The van der Waals surface area contributed by atoms with Gasteiger partial charge in [-0.25, -0.2) is 0 Å². The number of nitrogens with zero attached hydrogens (tertiary/aromatic N) is 1. The van der Waals surface area contributed by atoms with Gasteiger partial charge in [0.15, 0.2) is 0 Å². The van der Waals surface area contributed by atoms with E-state index in [0.717, 1.165) is 17.5 Å². The molecule has 1 aliphatic heterocycles. The highest BCUT2D eigenvalue weighted by Crippen LogP contribution is 2.18. The van der Waals surface area contributed by atoms with Crippen LogP contribution in [0.5, 0.6) is 0 Å². The van der Waals surface area contributed by atoms with Crippen molar-refractivity contribution in [1.29, 1.82) is 0 Å². The summed E-state index contributed by atoms with van der Waals surface area (Å²) in [6.45, 7) is 2.79. The summed E-state index contributed by atoms with van der Waals surface area (Å²) >= 11 is 0. The van der Waals surface area contributed by atoms with Gasteiger partial charge in [-0.3, -0.25) is 25.2 Å². The van der Waals surface area contributed by atoms with Gasteiger partial charge in [0.1, 0.15) is 0 Å². The Kier molecular flexibility index (Phi) is 5.86. The Morgan fingerprint density at radius 2 is 1.74 bits per heavy atom. The molecule has 2 N–H and O–H groups in total. The topological polar surface area (TPSA) is 78.5 Å². The fourth-order valence-electron chi connectivity index (χ4n) is 3.19. The third-order valence-electron chi connectivity index (χ3n) is 4.79. The summed E-state index contributed by atoms with van der Waals surface area (Å²) in [5, 5.41) is 0. The van der Waals surface area contributed by atoms with Crippen molar-refractivity contribution in [1.82, 2.24) is 15.8 Å². The number of carbonyl (C=O) groups is 3. The number of nitrogens with one attached hydrogen (secondary N) is 2. The van der Waals surface area contributed by atoms with Crippen molar-refractivity contribution in [2.75, 3.05) is 13.1 Å². The highest BCUT2D eigenvalue weighted by molar-refractivity contribution is 5.97. The van der Waals surface area contributed by atoms with E-state index >= 15 is 0 Å². The maximum atomic E-state index is 12.3. The number of amides is 3. The highest BCUT2D eigenvalue weighted by Gasteiger charge is 2.34. The van der Waals surface area contributed by atoms with Gasteiger partial charge < -0.3 is 4.90 Å². The minimum atomic E-state index is -0.453. The molecule has 0 aromatic heterocycles. The molecule has 0 spiro atoms. The zero-order chi connectivity index (χ0) is 19.2. The molecule has 6 heteroatoms. The van der Waals surface area contributed by atoms with Crippen molar-refractivity contribution < 1.29 is 14.4 Å². The van der Waals surface area contributed by atoms with E-state index in [1.165, 1.54) is 0 Å². The van der Waals surface area contributed by atoms with Crippen molar-refractivity contribution in [2.24, 2.45) is 5.92 Å². The first-order chi connectivity index (χ1) is 13.0. The summed E-state index contributed by atoms with van der Waals surface area (Å²) < 4.78 is 0. The Morgan fingerprint density at radius 1 is 1.04 bits per heavy atom. The second kappa shape index (κ2) is 8.49. The van der Waals surface area contributed by atoms with E-state index in [-0.39, 0.29) is 24.1 Å². The molecular formula is C21H23N3O3. The molecule has 140 valence electrons. The van der Waals surface area contributed by atoms with E-state index in [4.69, 9.17) is 0 Å². The minimum absolute atomic E-state index is 0.0312. The zero-order valence-electron chi connectivity index (χ0n) is 15.3. The number of aryl methyl sites for hydroxylation is 1. The van der Waals surface area contributed by atoms with Crippen molar-refractivity contribution in [3.63, 3.8) is 0 Å².